The molecule has 0 unspecified atom stereocenters. The van der Waals surface area contributed by atoms with Crippen LogP contribution in [0.1, 0.15) is 36.0 Å². The van der Waals surface area contributed by atoms with Crippen molar-refractivity contribution in [2.45, 2.75) is 25.7 Å². The van der Waals surface area contributed by atoms with E-state index < -0.39 is 5.91 Å². The largest absolute Gasteiger partial charge is 0.339 e. The number of para-hydroxylation sites is 1. The van der Waals surface area contributed by atoms with Crippen LogP contribution in [0.15, 0.2) is 24.3 Å². The third-order valence-corrected chi connectivity index (χ3v) is 3.31. The van der Waals surface area contributed by atoms with E-state index in [0.29, 0.717) is 11.3 Å². The van der Waals surface area contributed by atoms with E-state index in [2.05, 4.69) is 5.32 Å². The fourth-order valence-electron chi connectivity index (χ4n) is 2.31. The van der Waals surface area contributed by atoms with Gasteiger partial charge in [0.25, 0.3) is 5.91 Å². The fraction of sp³-hybridized carbons (Fsp3) is 0.400. The Kier molecular flexibility index (Phi) is 4.72. The van der Waals surface area contributed by atoms with Crippen molar-refractivity contribution >= 4 is 17.5 Å². The topological polar surface area (TPSA) is 73.2 Å². The van der Waals surface area contributed by atoms with Crippen molar-refractivity contribution in [2.24, 2.45) is 0 Å². The first-order chi connectivity index (χ1) is 9.72. The average Bonchev–Trinajstić information content (AvgIpc) is 2.48. The van der Waals surface area contributed by atoms with Gasteiger partial charge in [-0.15, -0.1) is 0 Å². The first-order valence-electron chi connectivity index (χ1n) is 6.77. The summed E-state index contributed by atoms with van der Waals surface area (Å²) in [4.78, 5) is 25.8. The van der Waals surface area contributed by atoms with Gasteiger partial charge in [-0.1, -0.05) is 12.1 Å². The molecule has 0 aromatic heterocycles. The van der Waals surface area contributed by atoms with Crippen LogP contribution < -0.4 is 5.32 Å². The second kappa shape index (κ2) is 6.71. The second-order valence-corrected chi connectivity index (χ2v) is 4.78. The third kappa shape index (κ3) is 3.35. The molecule has 1 aliphatic rings. The smallest absolute Gasteiger partial charge is 0.255 e. The number of rotatable bonds is 3. The molecule has 5 nitrogen and oxygen atoms in total. The highest BCUT2D eigenvalue weighted by molar-refractivity contribution is 6.04. The standard InChI is InChI=1S/C15H17N3O2/c16-9-8-14(19)17-13-7-3-2-6-12(13)15(20)18-10-4-1-5-11-18/h2-3,6-7H,1,4-5,8,10-11H2,(H,17,19). The van der Waals surface area contributed by atoms with Gasteiger partial charge in [0.05, 0.1) is 17.3 Å². The molecule has 0 spiro atoms. The minimum atomic E-state index is -0.397. The van der Waals surface area contributed by atoms with E-state index in [1.165, 1.54) is 0 Å². The van der Waals surface area contributed by atoms with Crippen molar-refractivity contribution in [3.8, 4) is 6.07 Å². The quantitative estimate of drug-likeness (QED) is 0.915. The molecule has 0 saturated carbocycles. The van der Waals surface area contributed by atoms with Crippen LogP contribution in [-0.4, -0.2) is 29.8 Å². The molecule has 1 N–H and O–H groups in total. The number of nitriles is 1. The summed E-state index contributed by atoms with van der Waals surface area (Å²) in [5.74, 6) is -0.455. The molecule has 0 bridgehead atoms. The molecule has 5 heteroatoms. The highest BCUT2D eigenvalue weighted by atomic mass is 16.2. The number of likely N-dealkylation sites (tertiary alicyclic amines) is 1. The summed E-state index contributed by atoms with van der Waals surface area (Å²) in [7, 11) is 0. The summed E-state index contributed by atoms with van der Waals surface area (Å²) in [6.45, 7) is 1.53. The number of hydrogen-bond donors (Lipinski definition) is 1. The van der Waals surface area contributed by atoms with E-state index in [-0.39, 0.29) is 12.3 Å². The zero-order valence-corrected chi connectivity index (χ0v) is 11.3. The number of anilines is 1. The molecular formula is C15H17N3O2. The molecule has 1 fully saturated rings. The number of carbonyl (C=O) groups is 2. The Morgan fingerprint density at radius 2 is 1.90 bits per heavy atom. The van der Waals surface area contributed by atoms with E-state index in [0.717, 1.165) is 32.4 Å². The molecule has 2 rings (SSSR count). The van der Waals surface area contributed by atoms with Crippen LogP contribution in [-0.2, 0) is 4.79 Å². The van der Waals surface area contributed by atoms with Crippen LogP contribution >= 0.6 is 0 Å². The summed E-state index contributed by atoms with van der Waals surface area (Å²) in [5, 5.41) is 11.1. The molecule has 1 aromatic carbocycles. The summed E-state index contributed by atoms with van der Waals surface area (Å²) >= 11 is 0. The first-order valence-corrected chi connectivity index (χ1v) is 6.77. The highest BCUT2D eigenvalue weighted by Crippen LogP contribution is 2.20. The number of nitrogens with one attached hydrogen (secondary N) is 1. The van der Waals surface area contributed by atoms with Gasteiger partial charge in [0, 0.05) is 13.1 Å². The van der Waals surface area contributed by atoms with Crippen LogP contribution in [0.4, 0.5) is 5.69 Å². The lowest BCUT2D eigenvalue weighted by Gasteiger charge is -2.27. The molecule has 2 amide bonds. The maximum atomic E-state index is 12.5. The molecule has 0 radical (unpaired) electrons. The van der Waals surface area contributed by atoms with Gasteiger partial charge in [-0.05, 0) is 31.4 Å². The molecular weight excluding hydrogens is 254 g/mol. The third-order valence-electron chi connectivity index (χ3n) is 3.31. The summed E-state index contributed by atoms with van der Waals surface area (Å²) in [6.07, 6.45) is 2.99. The van der Waals surface area contributed by atoms with E-state index in [1.807, 2.05) is 4.90 Å². The van der Waals surface area contributed by atoms with Gasteiger partial charge in [-0.3, -0.25) is 9.59 Å². The van der Waals surface area contributed by atoms with Gasteiger partial charge in [0.2, 0.25) is 5.91 Å². The van der Waals surface area contributed by atoms with E-state index in [1.54, 1.807) is 30.3 Å². The molecule has 1 aliphatic heterocycles. The maximum Gasteiger partial charge on any atom is 0.255 e. The van der Waals surface area contributed by atoms with E-state index in [4.69, 9.17) is 5.26 Å². The SMILES string of the molecule is N#CCC(=O)Nc1ccccc1C(=O)N1CCCCC1. The van der Waals surface area contributed by atoms with Gasteiger partial charge in [0.15, 0.2) is 0 Å². The lowest BCUT2D eigenvalue weighted by atomic mass is 10.1. The predicted octanol–water partition coefficient (Wildman–Crippen LogP) is 2.16. The number of benzene rings is 1. The molecule has 1 heterocycles. The Hall–Kier alpha value is -2.35. The minimum absolute atomic E-state index is 0.0578. The lowest BCUT2D eigenvalue weighted by molar-refractivity contribution is -0.115. The van der Waals surface area contributed by atoms with Crippen LogP contribution in [0.5, 0.6) is 0 Å². The van der Waals surface area contributed by atoms with Crippen molar-refractivity contribution < 1.29 is 9.59 Å². The predicted molar refractivity (Wildman–Crippen MR) is 75.1 cm³/mol. The fourth-order valence-corrected chi connectivity index (χ4v) is 2.31. The summed E-state index contributed by atoms with van der Waals surface area (Å²) in [5.41, 5.74) is 0.962. The van der Waals surface area contributed by atoms with Crippen molar-refractivity contribution in [2.75, 3.05) is 18.4 Å². The van der Waals surface area contributed by atoms with Gasteiger partial charge in [-0.2, -0.15) is 5.26 Å². The van der Waals surface area contributed by atoms with Crippen molar-refractivity contribution in [1.82, 2.24) is 4.90 Å². The summed E-state index contributed by atoms with van der Waals surface area (Å²) in [6, 6.07) is 8.72. The Labute approximate surface area is 118 Å². The number of amides is 2. The molecule has 1 aromatic rings. The van der Waals surface area contributed by atoms with E-state index >= 15 is 0 Å². The van der Waals surface area contributed by atoms with Crippen LogP contribution in [0.25, 0.3) is 0 Å². The van der Waals surface area contributed by atoms with Crippen molar-refractivity contribution in [3.63, 3.8) is 0 Å². The number of piperidine rings is 1. The van der Waals surface area contributed by atoms with Crippen molar-refractivity contribution in [3.05, 3.63) is 29.8 Å². The Balaban J connectivity index is 2.16. The maximum absolute atomic E-state index is 12.5. The van der Waals surface area contributed by atoms with Gasteiger partial charge < -0.3 is 10.2 Å². The van der Waals surface area contributed by atoms with Gasteiger partial charge in [0.1, 0.15) is 6.42 Å². The van der Waals surface area contributed by atoms with Gasteiger partial charge in [-0.25, -0.2) is 0 Å². The van der Waals surface area contributed by atoms with Crippen LogP contribution in [0.3, 0.4) is 0 Å². The van der Waals surface area contributed by atoms with Crippen molar-refractivity contribution in [1.29, 1.82) is 5.26 Å². The molecule has 0 aliphatic carbocycles. The summed E-state index contributed by atoms with van der Waals surface area (Å²) < 4.78 is 0. The minimum Gasteiger partial charge on any atom is -0.339 e. The zero-order chi connectivity index (χ0) is 14.4. The Morgan fingerprint density at radius 1 is 1.20 bits per heavy atom. The lowest BCUT2D eigenvalue weighted by Crippen LogP contribution is -2.36. The monoisotopic (exact) mass is 271 g/mol. The molecule has 104 valence electrons. The van der Waals surface area contributed by atoms with Crippen LogP contribution in [0, 0.1) is 11.3 Å². The zero-order valence-electron chi connectivity index (χ0n) is 11.3. The average molecular weight is 271 g/mol. The molecule has 1 saturated heterocycles. The number of nitrogens with zero attached hydrogens (tertiary/aromatic N) is 2. The highest BCUT2D eigenvalue weighted by Gasteiger charge is 2.20. The van der Waals surface area contributed by atoms with Gasteiger partial charge >= 0.3 is 0 Å². The molecule has 0 atom stereocenters. The Morgan fingerprint density at radius 3 is 2.60 bits per heavy atom. The number of hydrogen-bond acceptors (Lipinski definition) is 3. The number of carbonyl (C=O) groups excluding carboxylic acids is 2. The normalized spacial score (nSPS) is 14.4. The Bertz CT molecular complexity index is 542. The van der Waals surface area contributed by atoms with E-state index in [9.17, 15) is 9.59 Å². The molecule has 20 heavy (non-hydrogen) atoms. The first kappa shape index (κ1) is 14.1. The second-order valence-electron chi connectivity index (χ2n) is 4.78. The van der Waals surface area contributed by atoms with Crippen LogP contribution in [0.2, 0.25) is 0 Å².